The van der Waals surface area contributed by atoms with Gasteiger partial charge in [0, 0.05) is 6.42 Å². The predicted octanol–water partition coefficient (Wildman–Crippen LogP) is 3.11. The molecule has 1 fully saturated rings. The Labute approximate surface area is 90.3 Å². The number of rotatable bonds is 3. The van der Waals surface area contributed by atoms with Crippen molar-refractivity contribution in [2.45, 2.75) is 39.2 Å². The Bertz CT molecular complexity index is 260. The third-order valence-electron chi connectivity index (χ3n) is 2.62. The third kappa shape index (κ3) is 2.30. The summed E-state index contributed by atoms with van der Waals surface area (Å²) in [4.78, 5) is 11.5. The van der Waals surface area contributed by atoms with Crippen molar-refractivity contribution >= 4 is 17.6 Å². The van der Waals surface area contributed by atoms with E-state index in [2.05, 4.69) is 20.4 Å². The Balaban J connectivity index is 2.69. The summed E-state index contributed by atoms with van der Waals surface area (Å²) < 4.78 is 5.25. The van der Waals surface area contributed by atoms with Crippen LogP contribution in [0, 0.1) is 11.8 Å². The molecule has 0 aliphatic carbocycles. The van der Waals surface area contributed by atoms with E-state index in [0.717, 1.165) is 6.42 Å². The van der Waals surface area contributed by atoms with E-state index in [1.165, 1.54) is 0 Å². The van der Waals surface area contributed by atoms with Gasteiger partial charge in [0.05, 0.1) is 11.0 Å². The molecule has 80 valence electrons. The number of hydrogen-bond donors (Lipinski definition) is 0. The molecule has 3 heteroatoms. The second-order valence-electron chi connectivity index (χ2n) is 4.59. The fraction of sp³-hybridized carbons (Fsp3) is 0.727. The molecule has 2 atom stereocenters. The van der Waals surface area contributed by atoms with E-state index in [0.29, 0.717) is 17.4 Å². The lowest BCUT2D eigenvalue weighted by Crippen LogP contribution is -2.23. The Morgan fingerprint density at radius 1 is 1.79 bits per heavy atom. The van der Waals surface area contributed by atoms with Crippen LogP contribution < -0.4 is 0 Å². The van der Waals surface area contributed by atoms with Gasteiger partial charge in [-0.1, -0.05) is 32.0 Å². The zero-order valence-electron chi connectivity index (χ0n) is 8.97. The molecular weight excluding hydrogens is 200 g/mol. The van der Waals surface area contributed by atoms with Crippen LogP contribution >= 0.6 is 11.6 Å². The molecule has 2 unspecified atom stereocenters. The fourth-order valence-electron chi connectivity index (χ4n) is 1.82. The summed E-state index contributed by atoms with van der Waals surface area (Å²) in [6.45, 7) is 9.66. The molecule has 1 saturated heterocycles. The van der Waals surface area contributed by atoms with Gasteiger partial charge < -0.3 is 4.74 Å². The van der Waals surface area contributed by atoms with Crippen molar-refractivity contribution in [1.82, 2.24) is 0 Å². The average molecular weight is 217 g/mol. The minimum Gasteiger partial charge on any atom is -0.453 e. The Morgan fingerprint density at radius 3 is 2.71 bits per heavy atom. The fourth-order valence-corrected chi connectivity index (χ4v) is 1.93. The van der Waals surface area contributed by atoms with Crippen molar-refractivity contribution < 1.29 is 9.53 Å². The van der Waals surface area contributed by atoms with Gasteiger partial charge in [-0.3, -0.25) is 4.79 Å². The quantitative estimate of drug-likeness (QED) is 0.678. The average Bonchev–Trinajstić information content (AvgIpc) is 2.27. The second-order valence-corrected chi connectivity index (χ2v) is 5.04. The summed E-state index contributed by atoms with van der Waals surface area (Å²) in [7, 11) is 0. The van der Waals surface area contributed by atoms with Crippen LogP contribution in [0.3, 0.4) is 0 Å². The maximum atomic E-state index is 11.5. The van der Waals surface area contributed by atoms with Gasteiger partial charge in [0.1, 0.15) is 5.60 Å². The van der Waals surface area contributed by atoms with Gasteiger partial charge in [0.15, 0.2) is 0 Å². The van der Waals surface area contributed by atoms with Crippen molar-refractivity contribution in [3.05, 3.63) is 11.6 Å². The first-order chi connectivity index (χ1) is 6.35. The van der Waals surface area contributed by atoms with E-state index in [-0.39, 0.29) is 11.9 Å². The molecule has 1 aliphatic heterocycles. The summed E-state index contributed by atoms with van der Waals surface area (Å²) in [5, 5.41) is 0.414. The second kappa shape index (κ2) is 3.93. The van der Waals surface area contributed by atoms with Gasteiger partial charge in [-0.15, -0.1) is 0 Å². The van der Waals surface area contributed by atoms with E-state index in [4.69, 9.17) is 16.3 Å². The van der Waals surface area contributed by atoms with Crippen LogP contribution in [-0.4, -0.2) is 11.6 Å². The van der Waals surface area contributed by atoms with E-state index < -0.39 is 5.60 Å². The molecule has 0 N–H and O–H groups in total. The molecule has 0 radical (unpaired) electrons. The number of halogens is 1. The normalized spacial score (nSPS) is 32.1. The van der Waals surface area contributed by atoms with Crippen LogP contribution in [0.2, 0.25) is 0 Å². The standard InChI is InChI=1S/C11H17ClO2/c1-7(2)5-9-6-11(4,8(3)12)14-10(9)13/h7,9H,3,5-6H2,1-2,4H3. The van der Waals surface area contributed by atoms with E-state index in [1.807, 2.05) is 6.92 Å². The first-order valence-electron chi connectivity index (χ1n) is 4.93. The van der Waals surface area contributed by atoms with E-state index in [1.54, 1.807) is 0 Å². The van der Waals surface area contributed by atoms with Crippen LogP contribution in [0.1, 0.15) is 33.6 Å². The van der Waals surface area contributed by atoms with Gasteiger partial charge in [0.25, 0.3) is 0 Å². The lowest BCUT2D eigenvalue weighted by Gasteiger charge is -2.20. The molecule has 2 nitrogen and oxygen atoms in total. The highest BCUT2D eigenvalue weighted by Gasteiger charge is 2.44. The van der Waals surface area contributed by atoms with Gasteiger partial charge >= 0.3 is 5.97 Å². The van der Waals surface area contributed by atoms with E-state index in [9.17, 15) is 4.79 Å². The van der Waals surface area contributed by atoms with Crippen molar-refractivity contribution in [2.75, 3.05) is 0 Å². The molecule has 0 aromatic carbocycles. The number of cyclic esters (lactones) is 1. The highest BCUT2D eigenvalue weighted by atomic mass is 35.5. The highest BCUT2D eigenvalue weighted by Crippen LogP contribution is 2.39. The number of carbonyl (C=O) groups excluding carboxylic acids is 1. The number of hydrogen-bond acceptors (Lipinski definition) is 2. The Kier molecular flexibility index (Phi) is 3.25. The molecule has 1 heterocycles. The maximum absolute atomic E-state index is 11.5. The molecule has 0 spiro atoms. The minimum absolute atomic E-state index is 0.0181. The zero-order chi connectivity index (χ0) is 10.9. The predicted molar refractivity (Wildman–Crippen MR) is 57.1 cm³/mol. The largest absolute Gasteiger partial charge is 0.453 e. The van der Waals surface area contributed by atoms with Crippen LogP contribution in [0.15, 0.2) is 11.6 Å². The monoisotopic (exact) mass is 216 g/mol. The van der Waals surface area contributed by atoms with Gasteiger partial charge in [0.2, 0.25) is 0 Å². The van der Waals surface area contributed by atoms with E-state index >= 15 is 0 Å². The molecule has 1 aliphatic rings. The maximum Gasteiger partial charge on any atom is 0.310 e. The lowest BCUT2D eigenvalue weighted by molar-refractivity contribution is -0.147. The van der Waals surface area contributed by atoms with Crippen LogP contribution in [0.4, 0.5) is 0 Å². The van der Waals surface area contributed by atoms with Gasteiger partial charge in [-0.2, -0.15) is 0 Å². The van der Waals surface area contributed by atoms with Crippen LogP contribution in [-0.2, 0) is 9.53 Å². The van der Waals surface area contributed by atoms with Crippen LogP contribution in [0.5, 0.6) is 0 Å². The van der Waals surface area contributed by atoms with Gasteiger partial charge in [-0.05, 0) is 19.3 Å². The molecule has 0 aromatic rings. The SMILES string of the molecule is C=C(Cl)C1(C)CC(CC(C)C)C(=O)O1. The summed E-state index contributed by atoms with van der Waals surface area (Å²) in [6.07, 6.45) is 1.52. The molecular formula is C11H17ClO2. The summed E-state index contributed by atoms with van der Waals surface area (Å²) >= 11 is 5.82. The molecule has 0 aromatic heterocycles. The third-order valence-corrected chi connectivity index (χ3v) is 3.02. The van der Waals surface area contributed by atoms with Crippen LogP contribution in [0.25, 0.3) is 0 Å². The van der Waals surface area contributed by atoms with Crippen molar-refractivity contribution in [3.8, 4) is 0 Å². The Morgan fingerprint density at radius 2 is 2.36 bits per heavy atom. The Hall–Kier alpha value is -0.500. The molecule has 14 heavy (non-hydrogen) atoms. The van der Waals surface area contributed by atoms with Crippen molar-refractivity contribution in [2.24, 2.45) is 11.8 Å². The van der Waals surface area contributed by atoms with Crippen molar-refractivity contribution in [3.63, 3.8) is 0 Å². The molecule has 0 saturated carbocycles. The summed E-state index contributed by atoms with van der Waals surface area (Å²) in [6, 6.07) is 0. The molecule has 0 bridgehead atoms. The topological polar surface area (TPSA) is 26.3 Å². The summed E-state index contributed by atoms with van der Waals surface area (Å²) in [5.41, 5.74) is -0.655. The first kappa shape index (κ1) is 11.6. The molecule has 0 amide bonds. The molecule has 1 rings (SSSR count). The van der Waals surface area contributed by atoms with Gasteiger partial charge in [-0.25, -0.2) is 0 Å². The highest BCUT2D eigenvalue weighted by molar-refractivity contribution is 6.30. The number of esters is 1. The number of ether oxygens (including phenoxy) is 1. The summed E-state index contributed by atoms with van der Waals surface area (Å²) in [5.74, 6) is 0.344. The lowest BCUT2D eigenvalue weighted by atomic mass is 9.89. The first-order valence-corrected chi connectivity index (χ1v) is 5.30. The number of carbonyl (C=O) groups is 1. The zero-order valence-corrected chi connectivity index (χ0v) is 9.73. The minimum atomic E-state index is -0.655. The smallest absolute Gasteiger partial charge is 0.310 e. The van der Waals surface area contributed by atoms with Crippen molar-refractivity contribution in [1.29, 1.82) is 0 Å².